The third-order valence-electron chi connectivity index (χ3n) is 2.86. The molecule has 0 aliphatic heterocycles. The molecule has 0 saturated carbocycles. The standard InChI is InChI=1S/C15H12N4O3S/c20-23(21,15-4-2-1-3-5-15)22-14-8-6-13(7-9-14)10-18-19-11-16-17-12-19/h1-12H/b18-10+. The Kier molecular flexibility index (Phi) is 4.15. The number of nitrogens with zero attached hydrogens (tertiary/aromatic N) is 4. The number of aromatic nitrogens is 3. The van der Waals surface area contributed by atoms with E-state index in [0.717, 1.165) is 5.56 Å². The van der Waals surface area contributed by atoms with Gasteiger partial charge in [-0.2, -0.15) is 13.5 Å². The fraction of sp³-hybridized carbons (Fsp3) is 0. The van der Waals surface area contributed by atoms with Crippen LogP contribution in [0.4, 0.5) is 0 Å². The molecule has 0 spiro atoms. The van der Waals surface area contributed by atoms with Crippen LogP contribution in [0.2, 0.25) is 0 Å². The molecule has 0 saturated heterocycles. The van der Waals surface area contributed by atoms with Gasteiger partial charge in [-0.3, -0.25) is 0 Å². The molecule has 0 amide bonds. The maximum absolute atomic E-state index is 12.1. The number of hydrogen-bond donors (Lipinski definition) is 0. The zero-order chi connectivity index (χ0) is 16.1. The Bertz CT molecular complexity index is 890. The highest BCUT2D eigenvalue weighted by Gasteiger charge is 2.15. The highest BCUT2D eigenvalue weighted by molar-refractivity contribution is 7.87. The largest absolute Gasteiger partial charge is 0.379 e. The second kappa shape index (κ2) is 6.41. The van der Waals surface area contributed by atoms with Crippen molar-refractivity contribution in [2.75, 3.05) is 0 Å². The zero-order valence-electron chi connectivity index (χ0n) is 11.9. The maximum Gasteiger partial charge on any atom is 0.339 e. The van der Waals surface area contributed by atoms with Gasteiger partial charge in [0.25, 0.3) is 0 Å². The highest BCUT2D eigenvalue weighted by atomic mass is 32.2. The highest BCUT2D eigenvalue weighted by Crippen LogP contribution is 2.18. The van der Waals surface area contributed by atoms with E-state index in [1.807, 2.05) is 0 Å². The van der Waals surface area contributed by atoms with Crippen LogP contribution in [0.25, 0.3) is 0 Å². The Balaban J connectivity index is 1.73. The minimum Gasteiger partial charge on any atom is -0.379 e. The SMILES string of the molecule is O=S(=O)(Oc1ccc(/C=N/n2cnnc2)cc1)c1ccccc1. The topological polar surface area (TPSA) is 86.4 Å². The molecule has 0 fully saturated rings. The van der Waals surface area contributed by atoms with Crippen LogP contribution in [0.3, 0.4) is 0 Å². The summed E-state index contributed by atoms with van der Waals surface area (Å²) in [7, 11) is -3.83. The monoisotopic (exact) mass is 328 g/mol. The molecule has 8 heteroatoms. The fourth-order valence-corrected chi connectivity index (χ4v) is 2.71. The van der Waals surface area contributed by atoms with E-state index in [1.54, 1.807) is 48.7 Å². The lowest BCUT2D eigenvalue weighted by Crippen LogP contribution is -2.09. The summed E-state index contributed by atoms with van der Waals surface area (Å²) in [6.07, 6.45) is 4.51. The van der Waals surface area contributed by atoms with Gasteiger partial charge in [0, 0.05) is 0 Å². The van der Waals surface area contributed by atoms with Crippen molar-refractivity contribution < 1.29 is 12.6 Å². The van der Waals surface area contributed by atoms with Gasteiger partial charge in [0.15, 0.2) is 0 Å². The van der Waals surface area contributed by atoms with Gasteiger partial charge in [0.05, 0.1) is 6.21 Å². The molecule has 0 radical (unpaired) electrons. The van der Waals surface area contributed by atoms with Gasteiger partial charge in [-0.25, -0.2) is 4.68 Å². The number of hydrogen-bond acceptors (Lipinski definition) is 6. The molecule has 0 aliphatic rings. The second-order valence-corrected chi connectivity index (χ2v) is 6.05. The minimum absolute atomic E-state index is 0.109. The molecule has 0 unspecified atom stereocenters. The summed E-state index contributed by atoms with van der Waals surface area (Å²) >= 11 is 0. The summed E-state index contributed by atoms with van der Waals surface area (Å²) in [6, 6.07) is 14.5. The van der Waals surface area contributed by atoms with Gasteiger partial charge < -0.3 is 4.18 Å². The van der Waals surface area contributed by atoms with Gasteiger partial charge in [-0.1, -0.05) is 18.2 Å². The zero-order valence-corrected chi connectivity index (χ0v) is 12.7. The van der Waals surface area contributed by atoms with Crippen molar-refractivity contribution in [2.45, 2.75) is 4.90 Å². The first-order valence-electron chi connectivity index (χ1n) is 6.62. The molecule has 3 aromatic rings. The normalized spacial score (nSPS) is 11.7. The number of benzene rings is 2. The summed E-state index contributed by atoms with van der Waals surface area (Å²) < 4.78 is 30.7. The number of rotatable bonds is 5. The fourth-order valence-electron chi connectivity index (χ4n) is 1.76. The molecular formula is C15H12N4O3S. The quantitative estimate of drug-likeness (QED) is 0.527. The van der Waals surface area contributed by atoms with Crippen molar-refractivity contribution in [2.24, 2.45) is 5.10 Å². The average molecular weight is 328 g/mol. The molecular weight excluding hydrogens is 316 g/mol. The van der Waals surface area contributed by atoms with Crippen LogP contribution in [-0.4, -0.2) is 29.5 Å². The van der Waals surface area contributed by atoms with Crippen molar-refractivity contribution in [3.05, 3.63) is 72.8 Å². The summed E-state index contributed by atoms with van der Waals surface area (Å²) in [4.78, 5) is 0.109. The van der Waals surface area contributed by atoms with Crippen LogP contribution in [0.1, 0.15) is 5.56 Å². The van der Waals surface area contributed by atoms with E-state index in [0.29, 0.717) is 0 Å². The van der Waals surface area contributed by atoms with Crippen molar-refractivity contribution in [1.82, 2.24) is 14.9 Å². The Morgan fingerprint density at radius 3 is 2.26 bits per heavy atom. The van der Waals surface area contributed by atoms with Gasteiger partial charge in [0.2, 0.25) is 0 Å². The molecule has 0 bridgehead atoms. The third kappa shape index (κ3) is 3.80. The summed E-state index contributed by atoms with van der Waals surface area (Å²) in [5.74, 6) is 0.232. The maximum atomic E-state index is 12.1. The van der Waals surface area contributed by atoms with Gasteiger partial charge in [0.1, 0.15) is 23.3 Å². The van der Waals surface area contributed by atoms with Gasteiger partial charge in [-0.15, -0.1) is 10.2 Å². The first-order chi connectivity index (χ1) is 11.1. The molecule has 0 N–H and O–H groups in total. The summed E-state index contributed by atoms with van der Waals surface area (Å²) in [5, 5.41) is 11.4. The third-order valence-corrected chi connectivity index (χ3v) is 4.13. The molecule has 7 nitrogen and oxygen atoms in total. The van der Waals surface area contributed by atoms with Crippen LogP contribution < -0.4 is 4.18 Å². The smallest absolute Gasteiger partial charge is 0.339 e. The van der Waals surface area contributed by atoms with E-state index in [-0.39, 0.29) is 10.6 Å². The van der Waals surface area contributed by atoms with Gasteiger partial charge >= 0.3 is 10.1 Å². The van der Waals surface area contributed by atoms with E-state index in [4.69, 9.17) is 4.18 Å². The van der Waals surface area contributed by atoms with E-state index >= 15 is 0 Å². The van der Waals surface area contributed by atoms with Crippen LogP contribution in [0.5, 0.6) is 5.75 Å². The lowest BCUT2D eigenvalue weighted by atomic mass is 10.2. The van der Waals surface area contributed by atoms with E-state index < -0.39 is 10.1 Å². The molecule has 23 heavy (non-hydrogen) atoms. The minimum atomic E-state index is -3.83. The molecule has 3 rings (SSSR count). The van der Waals surface area contributed by atoms with E-state index in [9.17, 15) is 8.42 Å². The van der Waals surface area contributed by atoms with Crippen molar-refractivity contribution in [1.29, 1.82) is 0 Å². The van der Waals surface area contributed by atoms with Crippen LogP contribution in [0.15, 0.2) is 77.2 Å². The molecule has 0 atom stereocenters. The summed E-state index contributed by atoms with van der Waals surface area (Å²) in [5.41, 5.74) is 0.781. The predicted molar refractivity (Wildman–Crippen MR) is 83.7 cm³/mol. The Morgan fingerprint density at radius 1 is 0.957 bits per heavy atom. The summed E-state index contributed by atoms with van der Waals surface area (Å²) in [6.45, 7) is 0. The van der Waals surface area contributed by atoms with Crippen LogP contribution in [-0.2, 0) is 10.1 Å². The Morgan fingerprint density at radius 2 is 1.61 bits per heavy atom. The average Bonchev–Trinajstić information content (AvgIpc) is 3.08. The lowest BCUT2D eigenvalue weighted by molar-refractivity contribution is 0.486. The second-order valence-electron chi connectivity index (χ2n) is 4.51. The van der Waals surface area contributed by atoms with Crippen LogP contribution in [0, 0.1) is 0 Å². The van der Waals surface area contributed by atoms with Crippen molar-refractivity contribution in [3.63, 3.8) is 0 Å². The van der Waals surface area contributed by atoms with Crippen LogP contribution >= 0.6 is 0 Å². The van der Waals surface area contributed by atoms with E-state index in [2.05, 4.69) is 15.3 Å². The molecule has 1 aromatic heterocycles. The van der Waals surface area contributed by atoms with E-state index in [1.165, 1.54) is 29.5 Å². The molecule has 1 heterocycles. The lowest BCUT2D eigenvalue weighted by Gasteiger charge is -2.06. The predicted octanol–water partition coefficient (Wildman–Crippen LogP) is 1.93. The first-order valence-corrected chi connectivity index (χ1v) is 8.03. The van der Waals surface area contributed by atoms with Crippen molar-refractivity contribution in [3.8, 4) is 5.75 Å². The van der Waals surface area contributed by atoms with Crippen molar-refractivity contribution >= 4 is 16.3 Å². The molecule has 0 aliphatic carbocycles. The Labute approximate surface area is 133 Å². The first kappa shape index (κ1) is 14.9. The van der Waals surface area contributed by atoms with Gasteiger partial charge in [-0.05, 0) is 42.0 Å². The molecule has 116 valence electrons. The molecule has 2 aromatic carbocycles. The Hall–Kier alpha value is -3.00.